The lowest BCUT2D eigenvalue weighted by Crippen LogP contribution is -2.23. The van der Waals surface area contributed by atoms with Gasteiger partial charge in [-0.3, -0.25) is 9.59 Å². The molecule has 0 aromatic heterocycles. The maximum absolute atomic E-state index is 12.4. The molecule has 3 aromatic rings. The summed E-state index contributed by atoms with van der Waals surface area (Å²) < 4.78 is 10.3. The zero-order valence-electron chi connectivity index (χ0n) is 21.2. The minimum atomic E-state index is -0.306. The van der Waals surface area contributed by atoms with Crippen LogP contribution in [-0.2, 0) is 4.79 Å². The Hall–Kier alpha value is -4.66. The summed E-state index contributed by atoms with van der Waals surface area (Å²) in [5.74, 6) is 0.979. The number of hydrazone groups is 2. The minimum absolute atomic E-state index is 0.158. The van der Waals surface area contributed by atoms with Gasteiger partial charge in [0.05, 0.1) is 26.6 Å². The molecule has 37 heavy (non-hydrogen) atoms. The van der Waals surface area contributed by atoms with E-state index in [1.807, 2.05) is 72.6 Å². The highest BCUT2D eigenvalue weighted by Crippen LogP contribution is 2.15. The van der Waals surface area contributed by atoms with Crippen LogP contribution in [0.25, 0.3) is 0 Å². The van der Waals surface area contributed by atoms with Crippen LogP contribution in [0.4, 0.5) is 5.69 Å². The molecular formula is C28H31N5O4. The molecule has 0 heterocycles. The number of amides is 2. The number of methoxy groups -OCH3 is 2. The number of ether oxygens (including phenoxy) is 2. The van der Waals surface area contributed by atoms with Gasteiger partial charge in [0.15, 0.2) is 0 Å². The summed E-state index contributed by atoms with van der Waals surface area (Å²) in [5.41, 5.74) is 8.15. The molecule has 0 radical (unpaired) electrons. The topological polar surface area (TPSA) is 105 Å². The maximum atomic E-state index is 12.4. The summed E-state index contributed by atoms with van der Waals surface area (Å²) in [7, 11) is 5.13. The monoisotopic (exact) mass is 501 g/mol. The van der Waals surface area contributed by atoms with Crippen molar-refractivity contribution in [1.29, 1.82) is 0 Å². The van der Waals surface area contributed by atoms with Gasteiger partial charge in [0, 0.05) is 31.3 Å². The summed E-state index contributed by atoms with van der Waals surface area (Å²) in [6.07, 6.45) is 4.13. The first-order valence-corrected chi connectivity index (χ1v) is 11.7. The van der Waals surface area contributed by atoms with Gasteiger partial charge in [0.1, 0.15) is 11.5 Å². The Kier molecular flexibility index (Phi) is 10.2. The van der Waals surface area contributed by atoms with Crippen LogP contribution in [-0.4, -0.2) is 52.1 Å². The molecule has 0 saturated carbocycles. The Morgan fingerprint density at radius 3 is 1.97 bits per heavy atom. The number of nitrogens with one attached hydrogen (secondary N) is 2. The van der Waals surface area contributed by atoms with Crippen molar-refractivity contribution in [1.82, 2.24) is 10.9 Å². The molecule has 0 fully saturated rings. The van der Waals surface area contributed by atoms with Crippen molar-refractivity contribution < 1.29 is 19.1 Å². The third kappa shape index (κ3) is 8.81. The second kappa shape index (κ2) is 14.0. The molecule has 0 aliphatic heterocycles. The van der Waals surface area contributed by atoms with E-state index in [-0.39, 0.29) is 11.8 Å². The fraction of sp³-hybridized carbons (Fsp3) is 0.214. The molecule has 0 spiro atoms. The lowest BCUT2D eigenvalue weighted by molar-refractivity contribution is -0.121. The Morgan fingerprint density at radius 1 is 0.838 bits per heavy atom. The highest BCUT2D eigenvalue weighted by atomic mass is 16.5. The third-order valence-electron chi connectivity index (χ3n) is 5.44. The summed E-state index contributed by atoms with van der Waals surface area (Å²) in [5, 5.41) is 8.01. The van der Waals surface area contributed by atoms with Gasteiger partial charge in [-0.2, -0.15) is 10.2 Å². The van der Waals surface area contributed by atoms with Gasteiger partial charge in [-0.25, -0.2) is 10.9 Å². The standard InChI is InChI=1S/C28H31N5O4/c1-33(16-6-11-27(34)31-29-19-21-7-4-9-25(17-21)36-2)24-14-12-23(13-15-24)28(35)32-30-20-22-8-5-10-26(18-22)37-3/h4-5,7-10,12-15,17-20H,6,11,16H2,1-3H3,(H,31,34)(H,32,35)/b29-19+,30-20+. The SMILES string of the molecule is COc1cccc(/C=N/NC(=O)CCCN(C)c2ccc(C(=O)N/N=C/c3cccc(OC)c3)cc2)c1. The van der Waals surface area contributed by atoms with Crippen LogP contribution < -0.4 is 25.2 Å². The largest absolute Gasteiger partial charge is 0.497 e. The molecule has 0 aliphatic rings. The van der Waals surface area contributed by atoms with Gasteiger partial charge < -0.3 is 14.4 Å². The Labute approximate surface area is 216 Å². The first-order chi connectivity index (χ1) is 18.0. The summed E-state index contributed by atoms with van der Waals surface area (Å²) in [6.45, 7) is 0.670. The molecule has 9 nitrogen and oxygen atoms in total. The van der Waals surface area contributed by atoms with Gasteiger partial charge in [-0.05, 0) is 66.1 Å². The second-order valence-corrected chi connectivity index (χ2v) is 8.12. The first-order valence-electron chi connectivity index (χ1n) is 11.7. The molecule has 0 atom stereocenters. The van der Waals surface area contributed by atoms with Crippen LogP contribution in [0.2, 0.25) is 0 Å². The highest BCUT2D eigenvalue weighted by molar-refractivity contribution is 5.95. The summed E-state index contributed by atoms with van der Waals surface area (Å²) in [6, 6.07) is 22.0. The molecule has 0 saturated heterocycles. The van der Waals surface area contributed by atoms with Crippen LogP contribution in [0.1, 0.15) is 34.3 Å². The number of rotatable bonds is 12. The number of benzene rings is 3. The van der Waals surface area contributed by atoms with Crippen LogP contribution >= 0.6 is 0 Å². The molecule has 0 unspecified atom stereocenters. The zero-order valence-corrected chi connectivity index (χ0v) is 21.2. The average Bonchev–Trinajstić information content (AvgIpc) is 2.93. The van der Waals surface area contributed by atoms with Crippen molar-refractivity contribution in [2.24, 2.45) is 10.2 Å². The van der Waals surface area contributed by atoms with Crippen molar-refractivity contribution in [3.63, 3.8) is 0 Å². The van der Waals surface area contributed by atoms with E-state index in [4.69, 9.17) is 9.47 Å². The Bertz CT molecular complexity index is 1240. The van der Waals surface area contributed by atoms with Crippen molar-refractivity contribution in [3.05, 3.63) is 89.5 Å². The fourth-order valence-electron chi connectivity index (χ4n) is 3.38. The number of anilines is 1. The highest BCUT2D eigenvalue weighted by Gasteiger charge is 2.07. The van der Waals surface area contributed by atoms with Gasteiger partial charge in [0.25, 0.3) is 5.91 Å². The number of carbonyl (C=O) groups excluding carboxylic acids is 2. The second-order valence-electron chi connectivity index (χ2n) is 8.12. The van der Waals surface area contributed by atoms with Gasteiger partial charge >= 0.3 is 0 Å². The van der Waals surface area contributed by atoms with Crippen molar-refractivity contribution in [3.8, 4) is 11.5 Å². The van der Waals surface area contributed by atoms with Crippen LogP contribution in [0.5, 0.6) is 11.5 Å². The smallest absolute Gasteiger partial charge is 0.271 e. The Morgan fingerprint density at radius 2 is 1.41 bits per heavy atom. The molecule has 2 amide bonds. The number of nitrogens with zero attached hydrogens (tertiary/aromatic N) is 3. The molecule has 0 bridgehead atoms. The predicted molar refractivity (Wildman–Crippen MR) is 146 cm³/mol. The number of hydrogen-bond acceptors (Lipinski definition) is 7. The lowest BCUT2D eigenvalue weighted by Gasteiger charge is -2.19. The summed E-state index contributed by atoms with van der Waals surface area (Å²) >= 11 is 0. The van der Waals surface area contributed by atoms with E-state index >= 15 is 0 Å². The molecule has 0 aliphatic carbocycles. The summed E-state index contributed by atoms with van der Waals surface area (Å²) in [4.78, 5) is 26.5. The third-order valence-corrected chi connectivity index (χ3v) is 5.44. The van der Waals surface area contributed by atoms with Crippen LogP contribution in [0, 0.1) is 0 Å². The van der Waals surface area contributed by atoms with E-state index in [1.54, 1.807) is 38.8 Å². The maximum Gasteiger partial charge on any atom is 0.271 e. The van der Waals surface area contributed by atoms with E-state index in [0.29, 0.717) is 30.7 Å². The zero-order chi connectivity index (χ0) is 26.5. The van der Waals surface area contributed by atoms with Crippen LogP contribution in [0.3, 0.4) is 0 Å². The van der Waals surface area contributed by atoms with Gasteiger partial charge in [-0.15, -0.1) is 0 Å². The normalized spacial score (nSPS) is 10.9. The van der Waals surface area contributed by atoms with Crippen LogP contribution in [0.15, 0.2) is 83.0 Å². The molecule has 2 N–H and O–H groups in total. The molecule has 3 rings (SSSR count). The molecule has 3 aromatic carbocycles. The Balaban J connectivity index is 1.40. The fourth-order valence-corrected chi connectivity index (χ4v) is 3.38. The number of carbonyl (C=O) groups is 2. The van der Waals surface area contributed by atoms with Crippen molar-refractivity contribution in [2.75, 3.05) is 32.7 Å². The van der Waals surface area contributed by atoms with E-state index < -0.39 is 0 Å². The quantitative estimate of drug-likeness (QED) is 0.290. The van der Waals surface area contributed by atoms with Crippen molar-refractivity contribution in [2.45, 2.75) is 12.8 Å². The van der Waals surface area contributed by atoms with Gasteiger partial charge in [-0.1, -0.05) is 24.3 Å². The van der Waals surface area contributed by atoms with Crippen molar-refractivity contribution >= 4 is 29.9 Å². The van der Waals surface area contributed by atoms with E-state index in [0.717, 1.165) is 22.6 Å². The first kappa shape index (κ1) is 26.9. The van der Waals surface area contributed by atoms with E-state index in [9.17, 15) is 9.59 Å². The van der Waals surface area contributed by atoms with Gasteiger partial charge in [0.2, 0.25) is 5.91 Å². The van der Waals surface area contributed by atoms with E-state index in [2.05, 4.69) is 21.1 Å². The molecule has 192 valence electrons. The predicted octanol–water partition coefficient (Wildman–Crippen LogP) is 3.83. The molecular weight excluding hydrogens is 470 g/mol. The van der Waals surface area contributed by atoms with E-state index in [1.165, 1.54) is 0 Å². The minimum Gasteiger partial charge on any atom is -0.497 e. The molecule has 9 heteroatoms. The lowest BCUT2D eigenvalue weighted by atomic mass is 10.2. The number of hydrogen-bond donors (Lipinski definition) is 2. The average molecular weight is 502 g/mol.